The van der Waals surface area contributed by atoms with Crippen LogP contribution in [0.25, 0.3) is 10.9 Å². The van der Waals surface area contributed by atoms with Crippen molar-refractivity contribution >= 4 is 22.3 Å². The van der Waals surface area contributed by atoms with Crippen molar-refractivity contribution in [2.24, 2.45) is 0 Å². The largest absolute Gasteiger partial charge is 0.383 e. The Kier molecular flexibility index (Phi) is 3.96. The van der Waals surface area contributed by atoms with Crippen LogP contribution >= 0.6 is 0 Å². The number of rotatable bonds is 5. The van der Waals surface area contributed by atoms with Gasteiger partial charge in [-0.25, -0.2) is 4.98 Å². The van der Waals surface area contributed by atoms with E-state index in [1.165, 1.54) is 32.0 Å². The van der Waals surface area contributed by atoms with Gasteiger partial charge in [0.2, 0.25) is 0 Å². The molecule has 0 unspecified atom stereocenters. The Morgan fingerprint density at radius 1 is 1.29 bits per heavy atom. The average molecular weight is 286 g/mol. The SMILES string of the molecule is O=[N+]([O-])c1ccc(NCCN2CCCC2)c2cccnc12. The number of hydrogen-bond donors (Lipinski definition) is 1. The van der Waals surface area contributed by atoms with Gasteiger partial charge < -0.3 is 10.2 Å². The molecule has 0 amide bonds. The number of aromatic nitrogens is 1. The highest BCUT2D eigenvalue weighted by Crippen LogP contribution is 2.29. The Balaban J connectivity index is 1.79. The Labute approximate surface area is 122 Å². The predicted molar refractivity (Wildman–Crippen MR) is 82.6 cm³/mol. The molecule has 1 N–H and O–H groups in total. The number of fused-ring (bicyclic) bond motifs is 1. The van der Waals surface area contributed by atoms with Crippen LogP contribution in [-0.2, 0) is 0 Å². The minimum atomic E-state index is -0.386. The Morgan fingerprint density at radius 2 is 2.10 bits per heavy atom. The standard InChI is InChI=1S/C15H18N4O2/c20-19(21)14-6-5-13(12-4-3-7-17-15(12)14)16-8-11-18-9-1-2-10-18/h3-7,16H,1-2,8-11H2. The van der Waals surface area contributed by atoms with E-state index in [9.17, 15) is 10.1 Å². The number of nitro groups is 1. The van der Waals surface area contributed by atoms with Gasteiger partial charge in [-0.05, 0) is 44.1 Å². The highest BCUT2D eigenvalue weighted by Gasteiger charge is 2.15. The molecule has 0 radical (unpaired) electrons. The number of non-ortho nitro benzene ring substituents is 1. The van der Waals surface area contributed by atoms with Crippen LogP contribution in [0, 0.1) is 10.1 Å². The van der Waals surface area contributed by atoms with Crippen molar-refractivity contribution in [3.05, 3.63) is 40.6 Å². The molecule has 1 aliphatic heterocycles. The maximum Gasteiger partial charge on any atom is 0.295 e. The van der Waals surface area contributed by atoms with Gasteiger partial charge >= 0.3 is 0 Å². The second kappa shape index (κ2) is 6.05. The molecule has 2 aromatic rings. The molecule has 0 saturated carbocycles. The summed E-state index contributed by atoms with van der Waals surface area (Å²) in [5, 5.41) is 15.2. The molecule has 6 heteroatoms. The van der Waals surface area contributed by atoms with Gasteiger partial charge in [0, 0.05) is 36.4 Å². The van der Waals surface area contributed by atoms with E-state index in [-0.39, 0.29) is 10.6 Å². The number of likely N-dealkylation sites (tertiary alicyclic amines) is 1. The molecular weight excluding hydrogens is 268 g/mol. The van der Waals surface area contributed by atoms with Crippen LogP contribution in [0.2, 0.25) is 0 Å². The smallest absolute Gasteiger partial charge is 0.295 e. The van der Waals surface area contributed by atoms with Gasteiger partial charge in [0.1, 0.15) is 5.52 Å². The fourth-order valence-corrected chi connectivity index (χ4v) is 2.81. The zero-order chi connectivity index (χ0) is 14.7. The monoisotopic (exact) mass is 286 g/mol. The number of anilines is 1. The number of nitrogens with one attached hydrogen (secondary N) is 1. The zero-order valence-corrected chi connectivity index (χ0v) is 11.8. The van der Waals surface area contributed by atoms with Crippen LogP contribution in [0.3, 0.4) is 0 Å². The summed E-state index contributed by atoms with van der Waals surface area (Å²) >= 11 is 0. The molecule has 0 bridgehead atoms. The van der Waals surface area contributed by atoms with Crippen LogP contribution in [-0.4, -0.2) is 41.0 Å². The topological polar surface area (TPSA) is 71.3 Å². The first-order valence-electron chi connectivity index (χ1n) is 7.24. The van der Waals surface area contributed by atoms with Crippen LogP contribution in [0.4, 0.5) is 11.4 Å². The summed E-state index contributed by atoms with van der Waals surface area (Å²) in [5.74, 6) is 0. The molecule has 1 aliphatic rings. The van der Waals surface area contributed by atoms with Gasteiger partial charge in [0.15, 0.2) is 0 Å². The lowest BCUT2D eigenvalue weighted by atomic mass is 10.1. The summed E-state index contributed by atoms with van der Waals surface area (Å²) in [4.78, 5) is 17.3. The van der Waals surface area contributed by atoms with Crippen molar-refractivity contribution in [2.75, 3.05) is 31.5 Å². The van der Waals surface area contributed by atoms with Gasteiger partial charge in [0.05, 0.1) is 4.92 Å². The third kappa shape index (κ3) is 2.95. The first-order chi connectivity index (χ1) is 10.3. The van der Waals surface area contributed by atoms with Crippen molar-refractivity contribution in [3.63, 3.8) is 0 Å². The number of benzene rings is 1. The maximum atomic E-state index is 11.1. The molecule has 1 saturated heterocycles. The normalized spacial score (nSPS) is 15.4. The van der Waals surface area contributed by atoms with Gasteiger partial charge in [-0.2, -0.15) is 0 Å². The molecule has 21 heavy (non-hydrogen) atoms. The summed E-state index contributed by atoms with van der Waals surface area (Å²) in [6.07, 6.45) is 4.15. The van der Waals surface area contributed by atoms with Crippen molar-refractivity contribution in [1.82, 2.24) is 9.88 Å². The quantitative estimate of drug-likeness (QED) is 0.676. The molecule has 1 aromatic carbocycles. The molecule has 0 atom stereocenters. The van der Waals surface area contributed by atoms with Crippen LogP contribution in [0.15, 0.2) is 30.5 Å². The molecule has 1 aromatic heterocycles. The van der Waals surface area contributed by atoms with Gasteiger partial charge in [-0.1, -0.05) is 0 Å². The molecular formula is C15H18N4O2. The van der Waals surface area contributed by atoms with E-state index in [1.807, 2.05) is 6.07 Å². The summed E-state index contributed by atoms with van der Waals surface area (Å²) in [7, 11) is 0. The van der Waals surface area contributed by atoms with Crippen LogP contribution < -0.4 is 5.32 Å². The fraction of sp³-hybridized carbons (Fsp3) is 0.400. The van der Waals surface area contributed by atoms with Crippen molar-refractivity contribution in [3.8, 4) is 0 Å². The molecule has 3 rings (SSSR count). The molecule has 0 spiro atoms. The summed E-state index contributed by atoms with van der Waals surface area (Å²) < 4.78 is 0. The highest BCUT2D eigenvalue weighted by molar-refractivity contribution is 5.96. The minimum absolute atomic E-state index is 0.0516. The van der Waals surface area contributed by atoms with E-state index in [1.54, 1.807) is 18.3 Å². The van der Waals surface area contributed by atoms with E-state index in [0.717, 1.165) is 24.2 Å². The summed E-state index contributed by atoms with van der Waals surface area (Å²) in [6, 6.07) is 6.96. The maximum absolute atomic E-state index is 11.1. The molecule has 110 valence electrons. The number of nitro benzene ring substituents is 1. The molecule has 2 heterocycles. The number of nitrogens with zero attached hydrogens (tertiary/aromatic N) is 3. The molecule has 1 fully saturated rings. The third-order valence-corrected chi connectivity index (χ3v) is 3.89. The van der Waals surface area contributed by atoms with Crippen molar-refractivity contribution in [1.29, 1.82) is 0 Å². The second-order valence-corrected chi connectivity index (χ2v) is 5.26. The van der Waals surface area contributed by atoms with Gasteiger partial charge in [-0.15, -0.1) is 0 Å². The molecule has 6 nitrogen and oxygen atoms in total. The Morgan fingerprint density at radius 3 is 2.86 bits per heavy atom. The first kappa shape index (κ1) is 13.8. The predicted octanol–water partition coefficient (Wildman–Crippen LogP) is 2.65. The van der Waals surface area contributed by atoms with E-state index >= 15 is 0 Å². The first-order valence-corrected chi connectivity index (χ1v) is 7.24. The Bertz CT molecular complexity index is 653. The van der Waals surface area contributed by atoms with Crippen LogP contribution in [0.1, 0.15) is 12.8 Å². The van der Waals surface area contributed by atoms with Gasteiger partial charge in [-0.3, -0.25) is 10.1 Å². The lowest BCUT2D eigenvalue weighted by molar-refractivity contribution is -0.383. The van der Waals surface area contributed by atoms with Crippen LogP contribution in [0.5, 0.6) is 0 Å². The van der Waals surface area contributed by atoms with Crippen molar-refractivity contribution < 1.29 is 4.92 Å². The second-order valence-electron chi connectivity index (χ2n) is 5.26. The fourth-order valence-electron chi connectivity index (χ4n) is 2.81. The number of pyridine rings is 1. The third-order valence-electron chi connectivity index (χ3n) is 3.89. The van der Waals surface area contributed by atoms with E-state index in [2.05, 4.69) is 15.2 Å². The molecule has 0 aliphatic carbocycles. The van der Waals surface area contributed by atoms with Crippen molar-refractivity contribution in [2.45, 2.75) is 12.8 Å². The lowest BCUT2D eigenvalue weighted by Crippen LogP contribution is -2.26. The highest BCUT2D eigenvalue weighted by atomic mass is 16.6. The summed E-state index contributed by atoms with van der Waals surface area (Å²) in [6.45, 7) is 4.18. The summed E-state index contributed by atoms with van der Waals surface area (Å²) in [5.41, 5.74) is 1.40. The van der Waals surface area contributed by atoms with Gasteiger partial charge in [0.25, 0.3) is 5.69 Å². The average Bonchev–Trinajstić information content (AvgIpc) is 3.00. The van der Waals surface area contributed by atoms with E-state index in [4.69, 9.17) is 0 Å². The lowest BCUT2D eigenvalue weighted by Gasteiger charge is -2.16. The van der Waals surface area contributed by atoms with E-state index < -0.39 is 0 Å². The zero-order valence-electron chi connectivity index (χ0n) is 11.8. The Hall–Kier alpha value is -2.21. The van der Waals surface area contributed by atoms with E-state index in [0.29, 0.717) is 5.52 Å². The minimum Gasteiger partial charge on any atom is -0.383 e. The number of hydrogen-bond acceptors (Lipinski definition) is 5.